The average molecular weight is 229 g/mol. The number of nitrogens with one attached hydrogen (secondary N) is 1. The number of halogens is 1. The Morgan fingerprint density at radius 3 is 3.17 bits per heavy atom. The van der Waals surface area contributed by atoms with Crippen LogP contribution in [-0.2, 0) is 0 Å². The van der Waals surface area contributed by atoms with E-state index in [0.29, 0.717) is 22.8 Å². The van der Waals surface area contributed by atoms with Gasteiger partial charge in [0.05, 0.1) is 6.20 Å². The van der Waals surface area contributed by atoms with Gasteiger partial charge in [0.25, 0.3) is 0 Å². The third-order valence-electron chi connectivity index (χ3n) is 1.19. The van der Waals surface area contributed by atoms with Crippen molar-refractivity contribution in [3.05, 3.63) is 23.5 Å². The topological polar surface area (TPSA) is 63.8 Å². The minimum atomic E-state index is 0.389. The first-order valence-corrected chi connectivity index (χ1v) is 4.16. The maximum atomic E-state index is 5.54. The van der Waals surface area contributed by atoms with Crippen LogP contribution in [0.2, 0.25) is 0 Å². The molecule has 0 aliphatic rings. The number of nitrogens with zero attached hydrogens (tertiary/aromatic N) is 2. The van der Waals surface area contributed by atoms with E-state index < -0.39 is 0 Å². The van der Waals surface area contributed by atoms with Crippen LogP contribution >= 0.6 is 15.9 Å². The predicted octanol–water partition coefficient (Wildman–Crippen LogP) is 1.42. The van der Waals surface area contributed by atoms with Gasteiger partial charge in [-0.05, 0) is 15.9 Å². The molecule has 0 atom stereocenters. The molecule has 64 valence electrons. The van der Waals surface area contributed by atoms with E-state index >= 15 is 0 Å². The zero-order valence-electron chi connectivity index (χ0n) is 6.42. The van der Waals surface area contributed by atoms with Crippen molar-refractivity contribution in [2.45, 2.75) is 0 Å². The molecule has 0 aliphatic carbocycles. The summed E-state index contributed by atoms with van der Waals surface area (Å²) in [6.45, 7) is 4.18. The van der Waals surface area contributed by atoms with Crippen molar-refractivity contribution < 1.29 is 0 Å². The lowest BCUT2D eigenvalue weighted by Crippen LogP contribution is -2.05. The molecule has 4 nitrogen and oxygen atoms in total. The molecule has 0 aliphatic heterocycles. The summed E-state index contributed by atoms with van der Waals surface area (Å²) < 4.78 is 0.656. The van der Waals surface area contributed by atoms with Crippen LogP contribution in [0.15, 0.2) is 23.5 Å². The van der Waals surface area contributed by atoms with Crippen molar-refractivity contribution in [3.63, 3.8) is 0 Å². The zero-order chi connectivity index (χ0) is 8.97. The van der Waals surface area contributed by atoms with E-state index in [-0.39, 0.29) is 0 Å². The number of anilines is 2. The molecule has 0 bridgehead atoms. The highest BCUT2D eigenvalue weighted by Gasteiger charge is 2.00. The Labute approximate surface area is 79.0 Å². The Kier molecular flexibility index (Phi) is 3.04. The minimum absolute atomic E-state index is 0.389. The number of hydrogen-bond donors (Lipinski definition) is 2. The zero-order valence-corrected chi connectivity index (χ0v) is 8.00. The van der Waals surface area contributed by atoms with E-state index in [2.05, 4.69) is 37.8 Å². The molecule has 0 saturated heterocycles. The van der Waals surface area contributed by atoms with Crippen molar-refractivity contribution in [1.82, 2.24) is 9.97 Å². The molecule has 0 amide bonds. The molecule has 1 rings (SSSR count). The molecule has 5 heteroatoms. The summed E-state index contributed by atoms with van der Waals surface area (Å²) in [6.07, 6.45) is 3.27. The number of rotatable bonds is 3. The Hall–Kier alpha value is -1.10. The van der Waals surface area contributed by atoms with Crippen LogP contribution in [-0.4, -0.2) is 16.5 Å². The van der Waals surface area contributed by atoms with E-state index in [9.17, 15) is 0 Å². The first kappa shape index (κ1) is 8.99. The highest BCUT2D eigenvalue weighted by atomic mass is 79.9. The number of nitrogens with two attached hydrogens (primary N) is 1. The first-order valence-electron chi connectivity index (χ1n) is 3.37. The molecule has 12 heavy (non-hydrogen) atoms. The van der Waals surface area contributed by atoms with Crippen molar-refractivity contribution in [3.8, 4) is 0 Å². The van der Waals surface area contributed by atoms with E-state index in [4.69, 9.17) is 5.73 Å². The molecular formula is C7H9BrN4. The molecule has 1 aromatic rings. The standard InChI is InChI=1S/C7H9BrN4/c1-2-3-10-7-6(9)11-4-5(8)12-7/h2,4H,1,3H2,(H2,9,11)(H,10,12). The van der Waals surface area contributed by atoms with Crippen LogP contribution in [0.4, 0.5) is 11.6 Å². The number of nitrogen functional groups attached to an aromatic ring is 1. The molecule has 1 heterocycles. The van der Waals surface area contributed by atoms with E-state index in [1.807, 2.05) is 0 Å². The fourth-order valence-electron chi connectivity index (χ4n) is 0.676. The van der Waals surface area contributed by atoms with Gasteiger partial charge in [-0.2, -0.15) is 0 Å². The van der Waals surface area contributed by atoms with Crippen LogP contribution in [0.5, 0.6) is 0 Å². The van der Waals surface area contributed by atoms with Gasteiger partial charge in [-0.25, -0.2) is 9.97 Å². The second-order valence-electron chi connectivity index (χ2n) is 2.10. The lowest BCUT2D eigenvalue weighted by Gasteiger charge is -2.04. The summed E-state index contributed by atoms with van der Waals surface area (Å²) in [5.74, 6) is 0.962. The van der Waals surface area contributed by atoms with Crippen molar-refractivity contribution in [1.29, 1.82) is 0 Å². The third kappa shape index (κ3) is 2.20. The molecule has 0 fully saturated rings. The molecular weight excluding hydrogens is 220 g/mol. The largest absolute Gasteiger partial charge is 0.381 e. The van der Waals surface area contributed by atoms with Crippen LogP contribution in [0, 0.1) is 0 Å². The maximum Gasteiger partial charge on any atom is 0.170 e. The highest BCUT2D eigenvalue weighted by Crippen LogP contribution is 2.14. The molecule has 0 radical (unpaired) electrons. The summed E-state index contributed by atoms with van der Waals surface area (Å²) in [5.41, 5.74) is 5.54. The van der Waals surface area contributed by atoms with Gasteiger partial charge in [0, 0.05) is 6.54 Å². The molecule has 1 aromatic heterocycles. The fourth-order valence-corrected chi connectivity index (χ4v) is 0.956. The molecule has 0 saturated carbocycles. The maximum absolute atomic E-state index is 5.54. The second kappa shape index (κ2) is 4.06. The molecule has 0 spiro atoms. The lowest BCUT2D eigenvalue weighted by molar-refractivity contribution is 1.14. The molecule has 3 N–H and O–H groups in total. The Balaban J connectivity index is 2.82. The van der Waals surface area contributed by atoms with E-state index in [1.54, 1.807) is 12.3 Å². The summed E-state index contributed by atoms with van der Waals surface area (Å²) in [4.78, 5) is 7.98. The van der Waals surface area contributed by atoms with Gasteiger partial charge in [0.1, 0.15) is 4.60 Å². The Bertz CT molecular complexity index is 287. The van der Waals surface area contributed by atoms with Crippen molar-refractivity contribution in [2.75, 3.05) is 17.6 Å². The van der Waals surface area contributed by atoms with E-state index in [1.165, 1.54) is 0 Å². The molecule has 0 aromatic carbocycles. The van der Waals surface area contributed by atoms with Crippen LogP contribution < -0.4 is 11.1 Å². The van der Waals surface area contributed by atoms with Crippen molar-refractivity contribution >= 4 is 27.6 Å². The summed E-state index contributed by atoms with van der Waals surface area (Å²) in [5, 5.41) is 2.96. The lowest BCUT2D eigenvalue weighted by atomic mass is 10.5. The van der Waals surface area contributed by atoms with Gasteiger partial charge in [-0.15, -0.1) is 6.58 Å². The Morgan fingerprint density at radius 2 is 2.50 bits per heavy atom. The van der Waals surface area contributed by atoms with Gasteiger partial charge in [0.2, 0.25) is 0 Å². The minimum Gasteiger partial charge on any atom is -0.381 e. The van der Waals surface area contributed by atoms with Gasteiger partial charge >= 0.3 is 0 Å². The SMILES string of the molecule is C=CCNc1nc(Br)cnc1N. The average Bonchev–Trinajstić information content (AvgIpc) is 2.07. The fraction of sp³-hybridized carbons (Fsp3) is 0.143. The summed E-state index contributed by atoms with van der Waals surface area (Å²) >= 11 is 3.19. The quantitative estimate of drug-likeness (QED) is 0.769. The summed E-state index contributed by atoms with van der Waals surface area (Å²) in [6, 6.07) is 0. The molecule has 0 unspecified atom stereocenters. The van der Waals surface area contributed by atoms with Crippen molar-refractivity contribution in [2.24, 2.45) is 0 Å². The van der Waals surface area contributed by atoms with Gasteiger partial charge < -0.3 is 11.1 Å². The van der Waals surface area contributed by atoms with Crippen LogP contribution in [0.3, 0.4) is 0 Å². The van der Waals surface area contributed by atoms with E-state index in [0.717, 1.165) is 0 Å². The monoisotopic (exact) mass is 228 g/mol. The van der Waals surface area contributed by atoms with Crippen LogP contribution in [0.1, 0.15) is 0 Å². The second-order valence-corrected chi connectivity index (χ2v) is 2.91. The van der Waals surface area contributed by atoms with Gasteiger partial charge in [0.15, 0.2) is 11.6 Å². The predicted molar refractivity (Wildman–Crippen MR) is 52.8 cm³/mol. The smallest absolute Gasteiger partial charge is 0.170 e. The number of aromatic nitrogens is 2. The third-order valence-corrected chi connectivity index (χ3v) is 1.57. The number of hydrogen-bond acceptors (Lipinski definition) is 4. The highest BCUT2D eigenvalue weighted by molar-refractivity contribution is 9.10. The van der Waals surface area contributed by atoms with Gasteiger partial charge in [-0.3, -0.25) is 0 Å². The van der Waals surface area contributed by atoms with Gasteiger partial charge in [-0.1, -0.05) is 6.08 Å². The first-order chi connectivity index (χ1) is 5.74. The normalized spacial score (nSPS) is 9.42. The summed E-state index contributed by atoms with van der Waals surface area (Å²) in [7, 11) is 0. The Morgan fingerprint density at radius 1 is 1.75 bits per heavy atom. The van der Waals surface area contributed by atoms with Crippen LogP contribution in [0.25, 0.3) is 0 Å².